The smallest absolute Gasteiger partial charge is 0.130 e. The summed E-state index contributed by atoms with van der Waals surface area (Å²) in [4.78, 5) is 0. The SMILES string of the molecule is N=C(Cl)c1ccccc1N. The fraction of sp³-hybridized carbons (Fsp3) is 0. The van der Waals surface area contributed by atoms with E-state index < -0.39 is 0 Å². The van der Waals surface area contributed by atoms with Gasteiger partial charge in [0.2, 0.25) is 0 Å². The van der Waals surface area contributed by atoms with Gasteiger partial charge in [-0.2, -0.15) is 0 Å². The molecule has 10 heavy (non-hydrogen) atoms. The number of hydrogen-bond donors (Lipinski definition) is 2. The quantitative estimate of drug-likeness (QED) is 0.471. The molecule has 1 rings (SSSR count). The van der Waals surface area contributed by atoms with Gasteiger partial charge in [0.15, 0.2) is 0 Å². The molecule has 0 atom stereocenters. The van der Waals surface area contributed by atoms with Crippen LogP contribution < -0.4 is 5.73 Å². The standard InChI is InChI=1S/C7H7ClN2/c8-7(10)5-3-1-2-4-6(5)9/h1-4,10H,9H2. The van der Waals surface area contributed by atoms with Gasteiger partial charge in [-0.1, -0.05) is 23.7 Å². The van der Waals surface area contributed by atoms with Crippen molar-refractivity contribution in [3.8, 4) is 0 Å². The van der Waals surface area contributed by atoms with E-state index in [-0.39, 0.29) is 5.17 Å². The molecule has 0 aliphatic carbocycles. The largest absolute Gasteiger partial charge is 0.398 e. The van der Waals surface area contributed by atoms with Crippen molar-refractivity contribution < 1.29 is 0 Å². The van der Waals surface area contributed by atoms with Crippen molar-refractivity contribution in [3.63, 3.8) is 0 Å². The highest BCUT2D eigenvalue weighted by atomic mass is 35.5. The summed E-state index contributed by atoms with van der Waals surface area (Å²) in [5, 5.41) is 7.05. The van der Waals surface area contributed by atoms with Crippen LogP contribution in [0, 0.1) is 5.41 Å². The van der Waals surface area contributed by atoms with Crippen LogP contribution in [0.3, 0.4) is 0 Å². The predicted molar refractivity (Wildman–Crippen MR) is 43.5 cm³/mol. The lowest BCUT2D eigenvalue weighted by atomic mass is 10.2. The number of anilines is 1. The van der Waals surface area contributed by atoms with E-state index in [1.165, 1.54) is 0 Å². The van der Waals surface area contributed by atoms with Gasteiger partial charge in [-0.15, -0.1) is 0 Å². The average molecular weight is 155 g/mol. The molecular formula is C7H7ClN2. The molecular weight excluding hydrogens is 148 g/mol. The molecule has 0 aliphatic rings. The molecule has 52 valence electrons. The number of halogens is 1. The summed E-state index contributed by atoms with van der Waals surface area (Å²) in [6, 6.07) is 7.03. The van der Waals surface area contributed by atoms with Crippen molar-refractivity contribution >= 4 is 22.5 Å². The second-order valence-corrected chi connectivity index (χ2v) is 2.28. The molecule has 0 saturated heterocycles. The summed E-state index contributed by atoms with van der Waals surface area (Å²) in [7, 11) is 0. The fourth-order valence-electron chi connectivity index (χ4n) is 0.697. The molecule has 0 spiro atoms. The van der Waals surface area contributed by atoms with Gasteiger partial charge in [-0.25, -0.2) is 0 Å². The van der Waals surface area contributed by atoms with Crippen molar-refractivity contribution in [1.82, 2.24) is 0 Å². The molecule has 0 radical (unpaired) electrons. The number of para-hydroxylation sites is 1. The number of nitrogens with two attached hydrogens (primary N) is 1. The van der Waals surface area contributed by atoms with E-state index in [0.29, 0.717) is 11.3 Å². The predicted octanol–water partition coefficient (Wildman–Crippen LogP) is 1.83. The van der Waals surface area contributed by atoms with E-state index in [1.807, 2.05) is 0 Å². The Morgan fingerprint density at radius 1 is 1.40 bits per heavy atom. The zero-order chi connectivity index (χ0) is 7.56. The van der Waals surface area contributed by atoms with Gasteiger partial charge in [-0.05, 0) is 12.1 Å². The highest BCUT2D eigenvalue weighted by Crippen LogP contribution is 2.12. The van der Waals surface area contributed by atoms with Crippen molar-refractivity contribution in [2.24, 2.45) is 0 Å². The van der Waals surface area contributed by atoms with Crippen LogP contribution >= 0.6 is 11.6 Å². The molecule has 0 aliphatic heterocycles. The van der Waals surface area contributed by atoms with Crippen LogP contribution in [0.5, 0.6) is 0 Å². The molecule has 0 aromatic heterocycles. The Balaban J connectivity index is 3.15. The normalized spacial score (nSPS) is 9.30. The average Bonchev–Trinajstić information content (AvgIpc) is 1.88. The second-order valence-electron chi connectivity index (χ2n) is 1.90. The van der Waals surface area contributed by atoms with Crippen LogP contribution in [0.1, 0.15) is 5.56 Å². The Kier molecular flexibility index (Phi) is 1.92. The minimum absolute atomic E-state index is 0.0156. The first-order valence-corrected chi connectivity index (χ1v) is 3.18. The van der Waals surface area contributed by atoms with E-state index in [2.05, 4.69) is 0 Å². The third-order valence-corrected chi connectivity index (χ3v) is 1.40. The second kappa shape index (κ2) is 2.71. The number of nitrogens with one attached hydrogen (secondary N) is 1. The lowest BCUT2D eigenvalue weighted by Crippen LogP contribution is -1.95. The Morgan fingerprint density at radius 3 is 2.40 bits per heavy atom. The number of hydrogen-bond acceptors (Lipinski definition) is 2. The molecule has 1 aromatic rings. The van der Waals surface area contributed by atoms with Gasteiger partial charge in [0.25, 0.3) is 0 Å². The summed E-state index contributed by atoms with van der Waals surface area (Å²) in [5.74, 6) is 0. The summed E-state index contributed by atoms with van der Waals surface area (Å²) in [6.45, 7) is 0. The Labute approximate surface area is 64.1 Å². The number of benzene rings is 1. The topological polar surface area (TPSA) is 49.9 Å². The van der Waals surface area contributed by atoms with Gasteiger partial charge < -0.3 is 5.73 Å². The van der Waals surface area contributed by atoms with E-state index in [4.69, 9.17) is 22.7 Å². The molecule has 2 nitrogen and oxygen atoms in total. The fourth-order valence-corrected chi connectivity index (χ4v) is 0.869. The van der Waals surface area contributed by atoms with Crippen LogP contribution in [0.2, 0.25) is 0 Å². The first-order valence-electron chi connectivity index (χ1n) is 2.81. The van der Waals surface area contributed by atoms with Crippen LogP contribution in [0.25, 0.3) is 0 Å². The van der Waals surface area contributed by atoms with E-state index in [1.54, 1.807) is 24.3 Å². The molecule has 0 amide bonds. The third-order valence-electron chi connectivity index (χ3n) is 1.20. The molecule has 0 heterocycles. The maximum absolute atomic E-state index is 7.06. The molecule has 3 N–H and O–H groups in total. The monoisotopic (exact) mass is 154 g/mol. The van der Waals surface area contributed by atoms with Crippen molar-refractivity contribution in [1.29, 1.82) is 5.41 Å². The minimum Gasteiger partial charge on any atom is -0.398 e. The first kappa shape index (κ1) is 7.09. The highest BCUT2D eigenvalue weighted by Gasteiger charge is 1.99. The van der Waals surface area contributed by atoms with Gasteiger partial charge >= 0.3 is 0 Å². The third kappa shape index (κ3) is 1.28. The summed E-state index contributed by atoms with van der Waals surface area (Å²) in [5.41, 5.74) is 6.63. The maximum Gasteiger partial charge on any atom is 0.130 e. The molecule has 0 unspecified atom stereocenters. The number of rotatable bonds is 1. The first-order chi connectivity index (χ1) is 4.72. The van der Waals surface area contributed by atoms with Crippen molar-refractivity contribution in [3.05, 3.63) is 29.8 Å². The Hall–Kier alpha value is -1.02. The van der Waals surface area contributed by atoms with Gasteiger partial charge in [0.1, 0.15) is 5.17 Å². The van der Waals surface area contributed by atoms with Gasteiger partial charge in [0, 0.05) is 11.3 Å². The van der Waals surface area contributed by atoms with Crippen LogP contribution in [0.4, 0.5) is 5.69 Å². The van der Waals surface area contributed by atoms with Crippen molar-refractivity contribution in [2.45, 2.75) is 0 Å². The molecule has 0 saturated carbocycles. The zero-order valence-electron chi connectivity index (χ0n) is 5.26. The molecule has 3 heteroatoms. The van der Waals surface area contributed by atoms with Crippen molar-refractivity contribution in [2.75, 3.05) is 5.73 Å². The highest BCUT2D eigenvalue weighted by molar-refractivity contribution is 6.69. The number of nitrogen functional groups attached to an aromatic ring is 1. The Morgan fingerprint density at radius 2 is 2.00 bits per heavy atom. The molecule has 1 aromatic carbocycles. The van der Waals surface area contributed by atoms with Gasteiger partial charge in [0.05, 0.1) is 0 Å². The summed E-state index contributed by atoms with van der Waals surface area (Å²) < 4.78 is 0. The summed E-state index contributed by atoms with van der Waals surface area (Å²) in [6.07, 6.45) is 0. The van der Waals surface area contributed by atoms with Crippen LogP contribution in [-0.2, 0) is 0 Å². The lowest BCUT2D eigenvalue weighted by molar-refractivity contribution is 1.52. The zero-order valence-corrected chi connectivity index (χ0v) is 6.02. The van der Waals surface area contributed by atoms with E-state index >= 15 is 0 Å². The maximum atomic E-state index is 7.06. The van der Waals surface area contributed by atoms with E-state index in [0.717, 1.165) is 0 Å². The molecule has 0 bridgehead atoms. The lowest BCUT2D eigenvalue weighted by Gasteiger charge is -1.98. The Bertz CT molecular complexity index is 258. The van der Waals surface area contributed by atoms with Gasteiger partial charge in [-0.3, -0.25) is 5.41 Å². The minimum atomic E-state index is -0.0156. The summed E-state index contributed by atoms with van der Waals surface area (Å²) >= 11 is 5.41. The van der Waals surface area contributed by atoms with E-state index in [9.17, 15) is 0 Å². The molecule has 0 fully saturated rings. The van der Waals surface area contributed by atoms with Crippen LogP contribution in [0.15, 0.2) is 24.3 Å². The van der Waals surface area contributed by atoms with Crippen LogP contribution in [-0.4, -0.2) is 5.17 Å².